The molecule has 2 aromatic carbocycles. The maximum absolute atomic E-state index is 13.3. The number of halogens is 2. The van der Waals surface area contributed by atoms with Crippen LogP contribution in [0.3, 0.4) is 0 Å². The zero-order valence-corrected chi connectivity index (χ0v) is 13.5. The lowest BCUT2D eigenvalue weighted by Crippen LogP contribution is -2.26. The monoisotopic (exact) mass is 358 g/mol. The molecule has 0 aliphatic rings. The zero-order valence-electron chi connectivity index (χ0n) is 13.5. The van der Waals surface area contributed by atoms with Crippen molar-refractivity contribution in [1.82, 2.24) is 10.2 Å². The second-order valence-corrected chi connectivity index (χ2v) is 5.49. The van der Waals surface area contributed by atoms with Crippen molar-refractivity contribution in [3.05, 3.63) is 75.7 Å². The topological polar surface area (TPSA) is 89.1 Å². The van der Waals surface area contributed by atoms with Gasteiger partial charge in [0.2, 0.25) is 5.78 Å². The van der Waals surface area contributed by atoms with Gasteiger partial charge in [-0.25, -0.2) is 18.7 Å². The summed E-state index contributed by atoms with van der Waals surface area (Å²) in [6.45, 7) is 1.30. The SMILES string of the molecule is CC(OC(=O)c1n[nH]c(=O)c2ccccc12)C(=O)c1ccc(F)c(F)c1. The van der Waals surface area contributed by atoms with Crippen molar-refractivity contribution < 1.29 is 23.1 Å². The molecule has 0 radical (unpaired) electrons. The third-order valence-electron chi connectivity index (χ3n) is 3.75. The van der Waals surface area contributed by atoms with Crippen LogP contribution in [0.1, 0.15) is 27.8 Å². The van der Waals surface area contributed by atoms with Crippen LogP contribution >= 0.6 is 0 Å². The van der Waals surface area contributed by atoms with Crippen molar-refractivity contribution in [2.75, 3.05) is 0 Å². The molecule has 8 heteroatoms. The number of nitrogens with zero attached hydrogens (tertiary/aromatic N) is 1. The fourth-order valence-electron chi connectivity index (χ4n) is 2.42. The van der Waals surface area contributed by atoms with E-state index in [1.807, 2.05) is 0 Å². The second-order valence-electron chi connectivity index (χ2n) is 5.49. The first-order chi connectivity index (χ1) is 12.4. The summed E-state index contributed by atoms with van der Waals surface area (Å²) in [6, 6.07) is 8.93. The number of nitrogens with one attached hydrogen (secondary N) is 1. The summed E-state index contributed by atoms with van der Waals surface area (Å²) in [5.41, 5.74) is -0.767. The molecule has 1 heterocycles. The van der Waals surface area contributed by atoms with E-state index in [4.69, 9.17) is 4.74 Å². The third-order valence-corrected chi connectivity index (χ3v) is 3.75. The van der Waals surface area contributed by atoms with Crippen molar-refractivity contribution in [1.29, 1.82) is 0 Å². The number of fused-ring (bicyclic) bond motifs is 1. The van der Waals surface area contributed by atoms with E-state index in [1.54, 1.807) is 12.1 Å². The molecule has 3 aromatic rings. The number of H-pyrrole nitrogens is 1. The number of aromatic amines is 1. The Kier molecular flexibility index (Phi) is 4.57. The fourth-order valence-corrected chi connectivity index (χ4v) is 2.42. The van der Waals surface area contributed by atoms with Crippen LogP contribution in [-0.4, -0.2) is 28.1 Å². The van der Waals surface area contributed by atoms with Crippen molar-refractivity contribution in [2.45, 2.75) is 13.0 Å². The summed E-state index contributed by atoms with van der Waals surface area (Å²) in [5.74, 6) is -3.90. The molecule has 132 valence electrons. The molecule has 0 aliphatic heterocycles. The summed E-state index contributed by atoms with van der Waals surface area (Å²) < 4.78 is 31.3. The van der Waals surface area contributed by atoms with Crippen molar-refractivity contribution in [3.8, 4) is 0 Å². The first-order valence-electron chi connectivity index (χ1n) is 7.56. The number of carbonyl (C=O) groups excluding carboxylic acids is 2. The normalized spacial score (nSPS) is 12.0. The Bertz CT molecular complexity index is 1080. The van der Waals surface area contributed by atoms with E-state index in [0.29, 0.717) is 0 Å². The lowest BCUT2D eigenvalue weighted by molar-refractivity contribution is 0.0314. The van der Waals surface area contributed by atoms with Gasteiger partial charge in [-0.3, -0.25) is 9.59 Å². The van der Waals surface area contributed by atoms with Crippen molar-refractivity contribution >= 4 is 22.5 Å². The highest BCUT2D eigenvalue weighted by molar-refractivity contribution is 6.05. The molecule has 0 fully saturated rings. The third kappa shape index (κ3) is 3.21. The van der Waals surface area contributed by atoms with Gasteiger partial charge in [0.1, 0.15) is 0 Å². The van der Waals surface area contributed by atoms with Gasteiger partial charge in [0.15, 0.2) is 23.4 Å². The molecule has 6 nitrogen and oxygen atoms in total. The largest absolute Gasteiger partial charge is 0.449 e. The standard InChI is InChI=1S/C18H12F2N2O4/c1-9(16(23)10-6-7-13(19)14(20)8-10)26-18(25)15-11-4-2-3-5-12(11)17(24)22-21-15/h2-9H,1H3,(H,22,24). The van der Waals surface area contributed by atoms with Crippen molar-refractivity contribution in [3.63, 3.8) is 0 Å². The minimum Gasteiger partial charge on any atom is -0.449 e. The first-order valence-corrected chi connectivity index (χ1v) is 7.56. The highest BCUT2D eigenvalue weighted by Crippen LogP contribution is 2.16. The minimum absolute atomic E-state index is 0.136. The minimum atomic E-state index is -1.26. The second kappa shape index (κ2) is 6.83. The molecule has 1 unspecified atom stereocenters. The number of rotatable bonds is 4. The summed E-state index contributed by atoms with van der Waals surface area (Å²) >= 11 is 0. The van der Waals surface area contributed by atoms with Crippen LogP contribution in [0.25, 0.3) is 10.8 Å². The molecule has 0 amide bonds. The number of Topliss-reactive ketones (excluding diaryl/α,β-unsaturated/α-hetero) is 1. The van der Waals surface area contributed by atoms with E-state index in [1.165, 1.54) is 19.1 Å². The maximum Gasteiger partial charge on any atom is 0.360 e. The molecule has 0 spiro atoms. The Labute approximate surface area is 145 Å². The predicted molar refractivity (Wildman–Crippen MR) is 87.9 cm³/mol. The van der Waals surface area contributed by atoms with Crippen LogP contribution in [0.15, 0.2) is 47.3 Å². The maximum atomic E-state index is 13.3. The van der Waals surface area contributed by atoms with Crippen LogP contribution in [0.4, 0.5) is 8.78 Å². The van der Waals surface area contributed by atoms with Gasteiger partial charge in [-0.2, -0.15) is 5.10 Å². The van der Waals surface area contributed by atoms with E-state index in [0.717, 1.165) is 18.2 Å². The number of benzene rings is 2. The Morgan fingerprint density at radius 3 is 2.46 bits per heavy atom. The average molecular weight is 358 g/mol. The predicted octanol–water partition coefficient (Wildman–Crippen LogP) is 2.63. The molecule has 0 bridgehead atoms. The molecule has 1 N–H and O–H groups in total. The zero-order chi connectivity index (χ0) is 18.8. The number of carbonyl (C=O) groups is 2. The lowest BCUT2D eigenvalue weighted by atomic mass is 10.1. The van der Waals surface area contributed by atoms with E-state index < -0.39 is 35.1 Å². The number of ketones is 1. The van der Waals surface area contributed by atoms with Gasteiger partial charge in [-0.1, -0.05) is 18.2 Å². The summed E-state index contributed by atoms with van der Waals surface area (Å²) in [4.78, 5) is 36.3. The number of aromatic nitrogens is 2. The average Bonchev–Trinajstić information content (AvgIpc) is 2.63. The number of ether oxygens (including phenoxy) is 1. The van der Waals surface area contributed by atoms with E-state index in [2.05, 4.69) is 10.2 Å². The van der Waals surface area contributed by atoms with Crippen LogP contribution in [0.5, 0.6) is 0 Å². The number of hydrogen-bond donors (Lipinski definition) is 1. The van der Waals surface area contributed by atoms with Crippen molar-refractivity contribution in [2.24, 2.45) is 0 Å². The van der Waals surface area contributed by atoms with Gasteiger partial charge < -0.3 is 4.74 Å². The van der Waals surface area contributed by atoms with Crippen LogP contribution < -0.4 is 5.56 Å². The van der Waals surface area contributed by atoms with E-state index in [-0.39, 0.29) is 22.0 Å². The van der Waals surface area contributed by atoms with Gasteiger partial charge in [0.05, 0.1) is 5.39 Å². The van der Waals surface area contributed by atoms with Crippen LogP contribution in [0.2, 0.25) is 0 Å². The highest BCUT2D eigenvalue weighted by atomic mass is 19.2. The molecule has 0 aliphatic carbocycles. The van der Waals surface area contributed by atoms with Gasteiger partial charge in [0.25, 0.3) is 5.56 Å². The molecular weight excluding hydrogens is 346 g/mol. The molecule has 0 saturated heterocycles. The molecular formula is C18H12F2N2O4. The molecule has 0 saturated carbocycles. The van der Waals surface area contributed by atoms with Gasteiger partial charge in [-0.05, 0) is 31.2 Å². The quantitative estimate of drug-likeness (QED) is 0.572. The summed E-state index contributed by atoms with van der Waals surface area (Å²) in [6.07, 6.45) is -1.26. The highest BCUT2D eigenvalue weighted by Gasteiger charge is 2.23. The van der Waals surface area contributed by atoms with Crippen LogP contribution in [-0.2, 0) is 4.74 Å². The van der Waals surface area contributed by atoms with E-state index in [9.17, 15) is 23.2 Å². The van der Waals surface area contributed by atoms with Gasteiger partial charge >= 0.3 is 5.97 Å². The Morgan fingerprint density at radius 1 is 1.08 bits per heavy atom. The Balaban J connectivity index is 1.86. The number of esters is 1. The Morgan fingerprint density at radius 2 is 1.77 bits per heavy atom. The fraction of sp³-hybridized carbons (Fsp3) is 0.111. The molecule has 1 aromatic heterocycles. The van der Waals surface area contributed by atoms with Gasteiger partial charge in [0, 0.05) is 10.9 Å². The summed E-state index contributed by atoms with van der Waals surface area (Å²) in [5, 5.41) is 6.39. The smallest absolute Gasteiger partial charge is 0.360 e. The molecule has 1 atom stereocenters. The first kappa shape index (κ1) is 17.4. The van der Waals surface area contributed by atoms with E-state index >= 15 is 0 Å². The number of hydrogen-bond acceptors (Lipinski definition) is 5. The summed E-state index contributed by atoms with van der Waals surface area (Å²) in [7, 11) is 0. The van der Waals surface area contributed by atoms with Crippen LogP contribution in [0, 0.1) is 11.6 Å². The molecule has 26 heavy (non-hydrogen) atoms. The van der Waals surface area contributed by atoms with Gasteiger partial charge in [-0.15, -0.1) is 0 Å². The lowest BCUT2D eigenvalue weighted by Gasteiger charge is -2.13. The Hall–Kier alpha value is -3.42. The molecule has 3 rings (SSSR count).